The van der Waals surface area contributed by atoms with Crippen LogP contribution in [0.2, 0.25) is 0 Å². The number of carbonyl (C=O) groups is 1. The first kappa shape index (κ1) is 18.4. The van der Waals surface area contributed by atoms with Crippen LogP contribution in [0.1, 0.15) is 49.8 Å². The molecule has 0 saturated heterocycles. The largest absolute Gasteiger partial charge is 0.351 e. The predicted octanol–water partition coefficient (Wildman–Crippen LogP) is 2.89. The lowest BCUT2D eigenvalue weighted by atomic mass is 10.2. The van der Waals surface area contributed by atoms with Gasteiger partial charge >= 0.3 is 0 Å². The number of unbranched alkanes of at least 4 members (excludes halogenated alkanes) is 1. The summed E-state index contributed by atoms with van der Waals surface area (Å²) in [4.78, 5) is 19.3. The summed E-state index contributed by atoms with van der Waals surface area (Å²) in [6.45, 7) is 10.0. The third kappa shape index (κ3) is 4.32. The Morgan fingerprint density at radius 3 is 2.67 bits per heavy atom. The molecule has 0 aliphatic heterocycles. The molecule has 0 aliphatic carbocycles. The van der Waals surface area contributed by atoms with E-state index in [0.29, 0.717) is 30.0 Å². The highest BCUT2D eigenvalue weighted by molar-refractivity contribution is 5.94. The summed E-state index contributed by atoms with van der Waals surface area (Å²) in [6.07, 6.45) is 3.92. The van der Waals surface area contributed by atoms with Crippen molar-refractivity contribution in [1.29, 1.82) is 0 Å². The molecule has 0 atom stereocenters. The maximum Gasteiger partial charge on any atom is 0.270 e. The van der Waals surface area contributed by atoms with Gasteiger partial charge in [0.05, 0.1) is 5.69 Å². The number of imidazole rings is 1. The van der Waals surface area contributed by atoms with Crippen molar-refractivity contribution in [2.45, 2.75) is 40.0 Å². The quantitative estimate of drug-likeness (QED) is 0.718. The predicted molar refractivity (Wildman–Crippen MR) is 93.9 cm³/mol. The molecule has 1 N–H and O–H groups in total. The first-order valence-electron chi connectivity index (χ1n) is 8.77. The van der Waals surface area contributed by atoms with Crippen molar-refractivity contribution in [2.24, 2.45) is 0 Å². The number of aryl methyl sites for hydroxylation is 1. The molecule has 0 radical (unpaired) electrons. The second-order valence-corrected chi connectivity index (χ2v) is 5.83. The minimum Gasteiger partial charge on any atom is -0.351 e. The first-order chi connectivity index (χ1) is 11.6. The molecule has 0 aromatic carbocycles. The first-order valence-corrected chi connectivity index (χ1v) is 8.77. The molecule has 1 amide bonds. The zero-order valence-corrected chi connectivity index (χ0v) is 14.8. The second kappa shape index (κ2) is 8.78. The Morgan fingerprint density at radius 1 is 1.25 bits per heavy atom. The van der Waals surface area contributed by atoms with E-state index in [1.807, 2.05) is 6.92 Å². The van der Waals surface area contributed by atoms with E-state index in [1.54, 1.807) is 10.5 Å². The highest BCUT2D eigenvalue weighted by atomic mass is 19.1. The van der Waals surface area contributed by atoms with Crippen molar-refractivity contribution in [3.8, 4) is 0 Å². The van der Waals surface area contributed by atoms with Crippen LogP contribution < -0.4 is 5.32 Å². The minimum atomic E-state index is -0.379. The summed E-state index contributed by atoms with van der Waals surface area (Å²) in [7, 11) is 0. The average molecular weight is 334 g/mol. The Labute approximate surface area is 142 Å². The number of pyridine rings is 1. The molecule has 6 heteroatoms. The Balaban J connectivity index is 1.97. The summed E-state index contributed by atoms with van der Waals surface area (Å²) in [5.41, 5.74) is 1.73. The molecule has 0 aliphatic rings. The maximum absolute atomic E-state index is 13.5. The van der Waals surface area contributed by atoms with E-state index in [-0.39, 0.29) is 11.7 Å². The van der Waals surface area contributed by atoms with Gasteiger partial charge < -0.3 is 10.2 Å². The molecule has 0 saturated carbocycles. The summed E-state index contributed by atoms with van der Waals surface area (Å²) in [5, 5.41) is 2.94. The molecule has 5 nitrogen and oxygen atoms in total. The van der Waals surface area contributed by atoms with Crippen LogP contribution in [0.25, 0.3) is 5.65 Å². The van der Waals surface area contributed by atoms with Gasteiger partial charge in [-0.15, -0.1) is 0 Å². The van der Waals surface area contributed by atoms with Crippen molar-refractivity contribution >= 4 is 11.6 Å². The number of nitrogens with zero attached hydrogens (tertiary/aromatic N) is 3. The Kier molecular flexibility index (Phi) is 6.73. The van der Waals surface area contributed by atoms with Crippen LogP contribution in [0.5, 0.6) is 0 Å². The van der Waals surface area contributed by atoms with Crippen LogP contribution in [0.15, 0.2) is 18.3 Å². The molecule has 2 heterocycles. The monoisotopic (exact) mass is 334 g/mol. The van der Waals surface area contributed by atoms with Crippen molar-refractivity contribution in [3.05, 3.63) is 35.5 Å². The Morgan fingerprint density at radius 2 is 2.00 bits per heavy atom. The Hall–Kier alpha value is -1.95. The summed E-state index contributed by atoms with van der Waals surface area (Å²) >= 11 is 0. The normalized spacial score (nSPS) is 11.4. The molecule has 0 unspecified atom stereocenters. The molecule has 0 bridgehead atoms. The standard InChI is InChI=1S/C18H27FN4O/c1-4-15-17(23-13-14(19)9-10-16(23)21-15)18(24)20-11-7-8-12-22(5-2)6-3/h9-10,13H,4-8,11-12H2,1-3H3,(H,20,24). The van der Waals surface area contributed by atoms with Gasteiger partial charge in [0.25, 0.3) is 5.91 Å². The van der Waals surface area contributed by atoms with Gasteiger partial charge in [-0.25, -0.2) is 9.37 Å². The molecule has 2 aromatic heterocycles. The van der Waals surface area contributed by atoms with E-state index in [0.717, 1.165) is 32.5 Å². The van der Waals surface area contributed by atoms with Crippen LogP contribution in [0.4, 0.5) is 4.39 Å². The number of hydrogen-bond donors (Lipinski definition) is 1. The molecular formula is C18H27FN4O. The Bertz CT molecular complexity index is 679. The summed E-state index contributed by atoms with van der Waals surface area (Å²) < 4.78 is 15.0. The molecule has 24 heavy (non-hydrogen) atoms. The molecule has 0 fully saturated rings. The smallest absolute Gasteiger partial charge is 0.270 e. The van der Waals surface area contributed by atoms with Crippen molar-refractivity contribution < 1.29 is 9.18 Å². The summed E-state index contributed by atoms with van der Waals surface area (Å²) in [5.74, 6) is -0.566. The summed E-state index contributed by atoms with van der Waals surface area (Å²) in [6, 6.07) is 2.95. The number of halogens is 1. The van der Waals surface area contributed by atoms with Gasteiger partial charge in [-0.1, -0.05) is 20.8 Å². The van der Waals surface area contributed by atoms with Crippen LogP contribution >= 0.6 is 0 Å². The van der Waals surface area contributed by atoms with E-state index in [2.05, 4.69) is 29.0 Å². The number of hydrogen-bond acceptors (Lipinski definition) is 3. The minimum absolute atomic E-state index is 0.187. The molecule has 132 valence electrons. The van der Waals surface area contributed by atoms with E-state index in [9.17, 15) is 9.18 Å². The number of aromatic nitrogens is 2. The number of amides is 1. The van der Waals surface area contributed by atoms with Crippen LogP contribution in [-0.2, 0) is 6.42 Å². The average Bonchev–Trinajstić information content (AvgIpc) is 2.95. The molecule has 2 aromatic rings. The van der Waals surface area contributed by atoms with Gasteiger partial charge in [0.2, 0.25) is 0 Å². The number of carbonyl (C=O) groups excluding carboxylic acids is 1. The number of fused-ring (bicyclic) bond motifs is 1. The fourth-order valence-electron chi connectivity index (χ4n) is 2.84. The maximum atomic E-state index is 13.5. The SMILES string of the molecule is CCc1nc2ccc(F)cn2c1C(=O)NCCCCN(CC)CC. The van der Waals surface area contributed by atoms with Gasteiger partial charge in [-0.2, -0.15) is 0 Å². The van der Waals surface area contributed by atoms with Crippen LogP contribution in [-0.4, -0.2) is 46.4 Å². The fourth-order valence-corrected chi connectivity index (χ4v) is 2.84. The van der Waals surface area contributed by atoms with Crippen molar-refractivity contribution in [2.75, 3.05) is 26.2 Å². The second-order valence-electron chi connectivity index (χ2n) is 5.83. The van der Waals surface area contributed by atoms with E-state index >= 15 is 0 Å². The van der Waals surface area contributed by atoms with Crippen molar-refractivity contribution in [3.63, 3.8) is 0 Å². The van der Waals surface area contributed by atoms with E-state index in [4.69, 9.17) is 0 Å². The van der Waals surface area contributed by atoms with Gasteiger partial charge in [0.1, 0.15) is 17.2 Å². The third-order valence-electron chi connectivity index (χ3n) is 4.29. The van der Waals surface area contributed by atoms with Crippen LogP contribution in [0.3, 0.4) is 0 Å². The number of nitrogens with one attached hydrogen (secondary N) is 1. The third-order valence-corrected chi connectivity index (χ3v) is 4.29. The lowest BCUT2D eigenvalue weighted by Gasteiger charge is -2.17. The van der Waals surface area contributed by atoms with Gasteiger partial charge in [0, 0.05) is 12.7 Å². The molecular weight excluding hydrogens is 307 g/mol. The number of rotatable bonds is 9. The zero-order valence-electron chi connectivity index (χ0n) is 14.8. The van der Waals surface area contributed by atoms with Crippen LogP contribution in [0, 0.1) is 5.82 Å². The van der Waals surface area contributed by atoms with Gasteiger partial charge in [-0.3, -0.25) is 9.20 Å². The molecule has 0 spiro atoms. The lowest BCUT2D eigenvalue weighted by Crippen LogP contribution is -2.28. The highest BCUT2D eigenvalue weighted by Gasteiger charge is 2.18. The topological polar surface area (TPSA) is 49.6 Å². The van der Waals surface area contributed by atoms with Gasteiger partial charge in [0.15, 0.2) is 0 Å². The highest BCUT2D eigenvalue weighted by Crippen LogP contribution is 2.14. The lowest BCUT2D eigenvalue weighted by molar-refractivity contribution is 0.0945. The van der Waals surface area contributed by atoms with E-state index in [1.165, 1.54) is 12.3 Å². The van der Waals surface area contributed by atoms with E-state index < -0.39 is 0 Å². The van der Waals surface area contributed by atoms with Crippen molar-refractivity contribution in [1.82, 2.24) is 19.6 Å². The fraction of sp³-hybridized carbons (Fsp3) is 0.556. The molecule has 2 rings (SSSR count). The zero-order chi connectivity index (χ0) is 17.5. The van der Waals surface area contributed by atoms with Gasteiger partial charge in [-0.05, 0) is 51.0 Å².